The third kappa shape index (κ3) is 3.46. The number of para-hydroxylation sites is 1. The third-order valence-electron chi connectivity index (χ3n) is 4.73. The molecule has 5 aromatic rings. The van der Waals surface area contributed by atoms with Gasteiger partial charge in [0, 0.05) is 17.5 Å². The average molecular weight is 395 g/mol. The van der Waals surface area contributed by atoms with Crippen molar-refractivity contribution in [3.63, 3.8) is 0 Å². The van der Waals surface area contributed by atoms with Crippen molar-refractivity contribution in [2.45, 2.75) is 6.54 Å². The summed E-state index contributed by atoms with van der Waals surface area (Å²) in [6.45, 7) is 0.455. The zero-order valence-corrected chi connectivity index (χ0v) is 15.9. The van der Waals surface area contributed by atoms with E-state index in [4.69, 9.17) is 9.15 Å². The van der Waals surface area contributed by atoms with Gasteiger partial charge in [0.2, 0.25) is 5.58 Å². The minimum Gasteiger partial charge on any atom is -0.449 e. The van der Waals surface area contributed by atoms with Crippen LogP contribution in [0.25, 0.3) is 22.1 Å². The average Bonchev–Trinajstić information content (AvgIpc) is 3.18. The number of amides is 1. The second-order valence-corrected chi connectivity index (χ2v) is 6.75. The molecule has 146 valence electrons. The van der Waals surface area contributed by atoms with Gasteiger partial charge in [-0.25, -0.2) is 4.98 Å². The van der Waals surface area contributed by atoms with E-state index in [9.17, 15) is 4.79 Å². The number of benzene rings is 3. The van der Waals surface area contributed by atoms with Gasteiger partial charge in [0.25, 0.3) is 11.8 Å². The molecule has 0 aliphatic rings. The van der Waals surface area contributed by atoms with Crippen molar-refractivity contribution in [2.24, 2.45) is 0 Å². The van der Waals surface area contributed by atoms with E-state index < -0.39 is 0 Å². The summed E-state index contributed by atoms with van der Waals surface area (Å²) in [5.74, 6) is 0.613. The number of furan rings is 1. The van der Waals surface area contributed by atoms with Crippen LogP contribution in [0.2, 0.25) is 0 Å². The first-order valence-corrected chi connectivity index (χ1v) is 9.50. The molecule has 0 fully saturated rings. The van der Waals surface area contributed by atoms with E-state index in [0.29, 0.717) is 40.4 Å². The molecule has 0 unspecified atom stereocenters. The quantitative estimate of drug-likeness (QED) is 0.448. The van der Waals surface area contributed by atoms with Crippen molar-refractivity contribution in [3.05, 3.63) is 96.3 Å². The Bertz CT molecular complexity index is 1350. The maximum Gasteiger partial charge on any atom is 0.267 e. The summed E-state index contributed by atoms with van der Waals surface area (Å²) in [6.07, 6.45) is 1.44. The number of ether oxygens (including phenoxy) is 1. The summed E-state index contributed by atoms with van der Waals surface area (Å²) in [6, 6.07) is 24.4. The highest BCUT2D eigenvalue weighted by molar-refractivity contribution is 6.03. The Hall–Kier alpha value is -4.19. The number of carbonyl (C=O) groups excluding carboxylic acids is 1. The van der Waals surface area contributed by atoms with E-state index >= 15 is 0 Å². The number of nitrogens with one attached hydrogen (secondary N) is 1. The zero-order chi connectivity index (χ0) is 20.3. The van der Waals surface area contributed by atoms with Crippen LogP contribution in [-0.4, -0.2) is 15.9 Å². The number of carbonyl (C=O) groups is 1. The molecule has 0 aliphatic carbocycles. The molecule has 0 atom stereocenters. The van der Waals surface area contributed by atoms with Gasteiger partial charge in [-0.1, -0.05) is 48.5 Å². The summed E-state index contributed by atoms with van der Waals surface area (Å²) in [5.41, 5.74) is 3.40. The van der Waals surface area contributed by atoms with Crippen molar-refractivity contribution < 1.29 is 13.9 Å². The fourth-order valence-electron chi connectivity index (χ4n) is 3.27. The van der Waals surface area contributed by atoms with E-state index in [2.05, 4.69) is 15.3 Å². The number of fused-ring (bicyclic) bond motifs is 3. The van der Waals surface area contributed by atoms with Gasteiger partial charge in [0.05, 0.1) is 0 Å². The minimum absolute atomic E-state index is 0.180. The molecular formula is C24H17N3O3. The second kappa shape index (κ2) is 7.67. The summed E-state index contributed by atoms with van der Waals surface area (Å²) in [4.78, 5) is 21.1. The molecule has 0 radical (unpaired) electrons. The molecule has 0 bridgehead atoms. The van der Waals surface area contributed by atoms with Crippen LogP contribution in [0.5, 0.6) is 11.6 Å². The Morgan fingerprint density at radius 2 is 1.77 bits per heavy atom. The van der Waals surface area contributed by atoms with Gasteiger partial charge in [0.1, 0.15) is 23.2 Å². The Kier molecular flexibility index (Phi) is 4.57. The normalized spacial score (nSPS) is 10.9. The largest absolute Gasteiger partial charge is 0.449 e. The van der Waals surface area contributed by atoms with Crippen molar-refractivity contribution in [2.75, 3.05) is 0 Å². The van der Waals surface area contributed by atoms with Crippen LogP contribution in [0.1, 0.15) is 15.9 Å². The zero-order valence-electron chi connectivity index (χ0n) is 15.9. The Labute approximate surface area is 172 Å². The van der Waals surface area contributed by atoms with Gasteiger partial charge >= 0.3 is 0 Å². The summed E-state index contributed by atoms with van der Waals surface area (Å²) < 4.78 is 11.8. The van der Waals surface area contributed by atoms with Crippen LogP contribution in [0.4, 0.5) is 0 Å². The molecule has 0 spiro atoms. The highest BCUT2D eigenvalue weighted by Crippen LogP contribution is 2.33. The van der Waals surface area contributed by atoms with Gasteiger partial charge in [-0.05, 0) is 35.9 Å². The molecular weight excluding hydrogens is 378 g/mol. The lowest BCUT2D eigenvalue weighted by molar-refractivity contribution is 0.0950. The molecule has 30 heavy (non-hydrogen) atoms. The second-order valence-electron chi connectivity index (χ2n) is 6.75. The smallest absolute Gasteiger partial charge is 0.267 e. The topological polar surface area (TPSA) is 77.2 Å². The van der Waals surface area contributed by atoms with Gasteiger partial charge in [0.15, 0.2) is 0 Å². The van der Waals surface area contributed by atoms with E-state index in [-0.39, 0.29) is 5.91 Å². The number of hydrogen-bond acceptors (Lipinski definition) is 5. The van der Waals surface area contributed by atoms with Crippen LogP contribution in [-0.2, 0) is 6.54 Å². The third-order valence-corrected chi connectivity index (χ3v) is 4.73. The van der Waals surface area contributed by atoms with Crippen LogP contribution in [0.15, 0.2) is 89.6 Å². The lowest BCUT2D eigenvalue weighted by Gasteiger charge is -2.08. The fourth-order valence-corrected chi connectivity index (χ4v) is 3.27. The maximum atomic E-state index is 12.5. The predicted molar refractivity (Wildman–Crippen MR) is 113 cm³/mol. The van der Waals surface area contributed by atoms with E-state index in [0.717, 1.165) is 10.9 Å². The number of nitrogens with zero attached hydrogens (tertiary/aromatic N) is 2. The first-order chi connectivity index (χ1) is 14.8. The molecule has 1 amide bonds. The first-order valence-electron chi connectivity index (χ1n) is 9.50. The van der Waals surface area contributed by atoms with E-state index in [1.165, 1.54) is 6.33 Å². The molecule has 5 rings (SSSR count). The van der Waals surface area contributed by atoms with Crippen LogP contribution < -0.4 is 10.1 Å². The summed E-state index contributed by atoms with van der Waals surface area (Å²) >= 11 is 0. The fraction of sp³-hybridized carbons (Fsp3) is 0.0417. The number of aromatic nitrogens is 2. The monoisotopic (exact) mass is 395 g/mol. The van der Waals surface area contributed by atoms with Gasteiger partial charge in [-0.15, -0.1) is 0 Å². The Balaban J connectivity index is 1.39. The molecule has 0 saturated heterocycles. The van der Waals surface area contributed by atoms with Crippen LogP contribution in [0.3, 0.4) is 0 Å². The molecule has 6 heteroatoms. The highest BCUT2D eigenvalue weighted by atomic mass is 16.5. The summed E-state index contributed by atoms with van der Waals surface area (Å²) in [5, 5.41) is 3.81. The van der Waals surface area contributed by atoms with Gasteiger partial charge in [-0.2, -0.15) is 4.98 Å². The molecule has 1 N–H and O–H groups in total. The van der Waals surface area contributed by atoms with Crippen LogP contribution >= 0.6 is 0 Å². The van der Waals surface area contributed by atoms with Crippen LogP contribution in [0, 0.1) is 0 Å². The van der Waals surface area contributed by atoms with Crippen molar-refractivity contribution >= 4 is 28.0 Å². The Morgan fingerprint density at radius 3 is 2.67 bits per heavy atom. The molecule has 6 nitrogen and oxygen atoms in total. The Morgan fingerprint density at radius 1 is 0.933 bits per heavy atom. The number of rotatable bonds is 5. The predicted octanol–water partition coefficient (Wildman–Crippen LogP) is 5.10. The lowest BCUT2D eigenvalue weighted by Crippen LogP contribution is -2.22. The molecule has 2 aromatic heterocycles. The molecule has 2 heterocycles. The summed E-state index contributed by atoms with van der Waals surface area (Å²) in [7, 11) is 0. The highest BCUT2D eigenvalue weighted by Gasteiger charge is 2.15. The SMILES string of the molecule is O=C(NCc1ccccc1)c1cccc(Oc2ncnc3c2oc2ccccc23)c1. The standard InChI is InChI=1S/C24H17N3O3/c28-23(25-14-16-7-2-1-3-8-16)17-9-6-10-18(13-17)29-24-22-21(26-15-27-24)19-11-4-5-12-20(19)30-22/h1-13,15H,14H2,(H,25,28). The number of hydrogen-bond donors (Lipinski definition) is 1. The maximum absolute atomic E-state index is 12.5. The molecule has 3 aromatic carbocycles. The first kappa shape index (κ1) is 17.9. The van der Waals surface area contributed by atoms with Crippen molar-refractivity contribution in [3.8, 4) is 11.6 Å². The molecule has 0 saturated carbocycles. The lowest BCUT2D eigenvalue weighted by atomic mass is 10.2. The van der Waals surface area contributed by atoms with Crippen molar-refractivity contribution in [1.29, 1.82) is 0 Å². The van der Waals surface area contributed by atoms with E-state index in [1.54, 1.807) is 24.3 Å². The van der Waals surface area contributed by atoms with E-state index in [1.807, 2.05) is 54.6 Å². The van der Waals surface area contributed by atoms with Crippen molar-refractivity contribution in [1.82, 2.24) is 15.3 Å². The van der Waals surface area contributed by atoms with Gasteiger partial charge < -0.3 is 14.5 Å². The molecule has 0 aliphatic heterocycles. The van der Waals surface area contributed by atoms with Gasteiger partial charge in [-0.3, -0.25) is 4.79 Å². The minimum atomic E-state index is -0.180.